The number of aliphatic hydroxyl groups is 1. The highest BCUT2D eigenvalue weighted by atomic mass is 16.4. The Morgan fingerprint density at radius 2 is 1.46 bits per heavy atom. The maximum atomic E-state index is 11.9. The molecule has 2 unspecified atom stereocenters. The molecule has 0 aliphatic rings. The zero-order chi connectivity index (χ0) is 20.8. The smallest absolute Gasteiger partial charge is 0.335 e. The van der Waals surface area contributed by atoms with Crippen molar-refractivity contribution in [3.8, 4) is 0 Å². The number of carbonyl (C=O) groups is 2. The Balaban J connectivity index is 2.24. The first-order valence-corrected chi connectivity index (χ1v) is 10.9. The van der Waals surface area contributed by atoms with Crippen molar-refractivity contribution < 1.29 is 19.8 Å². The van der Waals surface area contributed by atoms with Crippen molar-refractivity contribution in [3.05, 3.63) is 35.4 Å². The number of ketones is 1. The van der Waals surface area contributed by atoms with Crippen LogP contribution in [0.4, 0.5) is 0 Å². The largest absolute Gasteiger partial charge is 0.478 e. The van der Waals surface area contributed by atoms with Gasteiger partial charge in [-0.25, -0.2) is 4.79 Å². The van der Waals surface area contributed by atoms with Gasteiger partial charge in [-0.15, -0.1) is 0 Å². The minimum absolute atomic E-state index is 0.0649. The molecule has 28 heavy (non-hydrogen) atoms. The van der Waals surface area contributed by atoms with Crippen LogP contribution < -0.4 is 0 Å². The monoisotopic (exact) mass is 390 g/mol. The molecule has 2 atom stereocenters. The van der Waals surface area contributed by atoms with Crippen LogP contribution in [0.2, 0.25) is 0 Å². The van der Waals surface area contributed by atoms with E-state index in [1.807, 2.05) is 12.1 Å². The van der Waals surface area contributed by atoms with E-state index >= 15 is 0 Å². The summed E-state index contributed by atoms with van der Waals surface area (Å²) in [6.45, 7) is 3.87. The van der Waals surface area contributed by atoms with E-state index in [0.717, 1.165) is 56.9 Å². The van der Waals surface area contributed by atoms with Gasteiger partial charge in [0.05, 0.1) is 11.7 Å². The molecule has 0 bridgehead atoms. The molecule has 0 saturated carbocycles. The van der Waals surface area contributed by atoms with Crippen LogP contribution in [-0.2, 0) is 11.2 Å². The zero-order valence-electron chi connectivity index (χ0n) is 17.7. The molecule has 0 heterocycles. The van der Waals surface area contributed by atoms with Crippen LogP contribution in [0.1, 0.15) is 100 Å². The number of aryl methyl sites for hydroxylation is 1. The SMILES string of the molecule is CCCCCCCC(O)CCCC(CCCc1ccc(C(=O)O)cc1)C(C)=O. The molecular weight excluding hydrogens is 352 g/mol. The Morgan fingerprint density at radius 1 is 0.857 bits per heavy atom. The van der Waals surface area contributed by atoms with Crippen molar-refractivity contribution in [1.82, 2.24) is 0 Å². The summed E-state index contributed by atoms with van der Waals surface area (Å²) in [6.07, 6.45) is 11.9. The number of carboxylic acids is 1. The summed E-state index contributed by atoms with van der Waals surface area (Å²) in [6, 6.07) is 6.96. The molecule has 1 rings (SSSR count). The fraction of sp³-hybridized carbons (Fsp3) is 0.667. The lowest BCUT2D eigenvalue weighted by Gasteiger charge is -2.15. The molecule has 0 aliphatic carbocycles. The summed E-state index contributed by atoms with van der Waals surface area (Å²) in [5.41, 5.74) is 1.40. The van der Waals surface area contributed by atoms with Crippen LogP contribution in [0.3, 0.4) is 0 Å². The second-order valence-electron chi connectivity index (χ2n) is 7.99. The molecule has 4 heteroatoms. The van der Waals surface area contributed by atoms with Crippen LogP contribution in [0.15, 0.2) is 24.3 Å². The highest BCUT2D eigenvalue weighted by molar-refractivity contribution is 5.87. The Morgan fingerprint density at radius 3 is 2.07 bits per heavy atom. The van der Waals surface area contributed by atoms with Gasteiger partial charge in [-0.3, -0.25) is 4.79 Å². The number of benzene rings is 1. The standard InChI is InChI=1S/C24H38O4/c1-3-4-5-6-7-13-23(26)14-9-12-21(19(2)25)11-8-10-20-15-17-22(18-16-20)24(27)28/h15-18,21,23,26H,3-14H2,1-2H3,(H,27,28). The van der Waals surface area contributed by atoms with Crippen molar-refractivity contribution in [3.63, 3.8) is 0 Å². The third-order valence-electron chi connectivity index (χ3n) is 5.52. The normalized spacial score (nSPS) is 13.2. The molecule has 0 aromatic heterocycles. The first kappa shape index (κ1) is 24.4. The summed E-state index contributed by atoms with van der Waals surface area (Å²) in [4.78, 5) is 22.8. The van der Waals surface area contributed by atoms with Gasteiger partial charge < -0.3 is 10.2 Å². The van der Waals surface area contributed by atoms with E-state index in [4.69, 9.17) is 5.11 Å². The van der Waals surface area contributed by atoms with E-state index in [1.54, 1.807) is 19.1 Å². The average Bonchev–Trinajstić information content (AvgIpc) is 2.66. The van der Waals surface area contributed by atoms with Crippen molar-refractivity contribution in [1.29, 1.82) is 0 Å². The van der Waals surface area contributed by atoms with Crippen LogP contribution in [0, 0.1) is 5.92 Å². The summed E-state index contributed by atoms with van der Waals surface area (Å²) in [7, 11) is 0. The molecule has 2 N–H and O–H groups in total. The Hall–Kier alpha value is -1.68. The molecule has 4 nitrogen and oxygen atoms in total. The van der Waals surface area contributed by atoms with Crippen LogP contribution in [-0.4, -0.2) is 28.1 Å². The van der Waals surface area contributed by atoms with Crippen molar-refractivity contribution in [2.45, 2.75) is 97.0 Å². The molecule has 0 fully saturated rings. The van der Waals surface area contributed by atoms with Gasteiger partial charge in [0, 0.05) is 5.92 Å². The summed E-state index contributed by atoms with van der Waals surface area (Å²) >= 11 is 0. The number of aromatic carboxylic acids is 1. The molecule has 158 valence electrons. The van der Waals surface area contributed by atoms with Gasteiger partial charge in [0.1, 0.15) is 5.78 Å². The van der Waals surface area contributed by atoms with Crippen LogP contribution in [0.25, 0.3) is 0 Å². The fourth-order valence-corrected chi connectivity index (χ4v) is 3.65. The quantitative estimate of drug-likeness (QED) is 0.350. The number of hydrogen-bond acceptors (Lipinski definition) is 3. The third-order valence-corrected chi connectivity index (χ3v) is 5.52. The number of aliphatic hydroxyl groups excluding tert-OH is 1. The Bertz CT molecular complexity index is 564. The minimum Gasteiger partial charge on any atom is -0.478 e. The Kier molecular flexibility index (Phi) is 12.5. The van der Waals surface area contributed by atoms with E-state index in [9.17, 15) is 14.7 Å². The zero-order valence-corrected chi connectivity index (χ0v) is 17.7. The van der Waals surface area contributed by atoms with Gasteiger partial charge in [-0.1, -0.05) is 57.6 Å². The number of carboxylic acid groups (broad SMARTS) is 1. The second-order valence-corrected chi connectivity index (χ2v) is 7.99. The van der Waals surface area contributed by atoms with Crippen LogP contribution in [0.5, 0.6) is 0 Å². The first-order valence-electron chi connectivity index (χ1n) is 10.9. The lowest BCUT2D eigenvalue weighted by Crippen LogP contribution is -2.13. The second kappa shape index (κ2) is 14.3. The lowest BCUT2D eigenvalue weighted by atomic mass is 9.90. The maximum Gasteiger partial charge on any atom is 0.335 e. The molecule has 1 aromatic carbocycles. The van der Waals surface area contributed by atoms with E-state index in [0.29, 0.717) is 5.56 Å². The predicted octanol–water partition coefficient (Wildman–Crippen LogP) is 5.80. The summed E-state index contributed by atoms with van der Waals surface area (Å²) in [5.74, 6) is -0.614. The lowest BCUT2D eigenvalue weighted by molar-refractivity contribution is -0.121. The molecule has 0 radical (unpaired) electrons. The predicted molar refractivity (Wildman–Crippen MR) is 114 cm³/mol. The summed E-state index contributed by atoms with van der Waals surface area (Å²) in [5, 5.41) is 19.1. The van der Waals surface area contributed by atoms with Gasteiger partial charge in [0.25, 0.3) is 0 Å². The van der Waals surface area contributed by atoms with Gasteiger partial charge in [0.15, 0.2) is 0 Å². The molecule has 0 aliphatic heterocycles. The molecule has 1 aromatic rings. The molecule has 0 spiro atoms. The van der Waals surface area contributed by atoms with E-state index in [1.165, 1.54) is 25.7 Å². The number of rotatable bonds is 16. The number of carbonyl (C=O) groups excluding carboxylic acids is 1. The highest BCUT2D eigenvalue weighted by Crippen LogP contribution is 2.20. The van der Waals surface area contributed by atoms with Crippen molar-refractivity contribution in [2.75, 3.05) is 0 Å². The van der Waals surface area contributed by atoms with E-state index in [2.05, 4.69) is 6.92 Å². The van der Waals surface area contributed by atoms with Gasteiger partial charge in [0.2, 0.25) is 0 Å². The third kappa shape index (κ3) is 10.6. The minimum atomic E-state index is -0.911. The summed E-state index contributed by atoms with van der Waals surface area (Å²) < 4.78 is 0. The number of Topliss-reactive ketones (excluding diaryl/α,β-unsaturated/α-hetero) is 1. The number of hydrogen-bond donors (Lipinski definition) is 2. The first-order chi connectivity index (χ1) is 13.4. The molecule has 0 saturated heterocycles. The van der Waals surface area contributed by atoms with Crippen molar-refractivity contribution >= 4 is 11.8 Å². The molecular formula is C24H38O4. The average molecular weight is 391 g/mol. The molecule has 0 amide bonds. The van der Waals surface area contributed by atoms with E-state index < -0.39 is 5.97 Å². The van der Waals surface area contributed by atoms with Gasteiger partial charge in [-0.05, 0) is 63.1 Å². The fourth-order valence-electron chi connectivity index (χ4n) is 3.65. The Labute approximate surface area is 170 Å². The van der Waals surface area contributed by atoms with Gasteiger partial charge in [-0.2, -0.15) is 0 Å². The number of unbranched alkanes of at least 4 members (excludes halogenated alkanes) is 4. The highest BCUT2D eigenvalue weighted by Gasteiger charge is 2.15. The topological polar surface area (TPSA) is 74.6 Å². The van der Waals surface area contributed by atoms with Crippen LogP contribution >= 0.6 is 0 Å². The maximum absolute atomic E-state index is 11.9. The van der Waals surface area contributed by atoms with Gasteiger partial charge >= 0.3 is 5.97 Å². The van der Waals surface area contributed by atoms with E-state index in [-0.39, 0.29) is 17.8 Å². The van der Waals surface area contributed by atoms with Crippen molar-refractivity contribution in [2.24, 2.45) is 5.92 Å².